The molecule has 0 aliphatic rings. The molecule has 0 atom stereocenters. The molecule has 0 radical (unpaired) electrons. The highest BCUT2D eigenvalue weighted by Crippen LogP contribution is 2.13. The summed E-state index contributed by atoms with van der Waals surface area (Å²) in [5, 5.41) is 9.90. The van der Waals surface area contributed by atoms with Crippen molar-refractivity contribution in [3.8, 4) is 0 Å². The molecular weight excluding hydrogens is 152 g/mol. The van der Waals surface area contributed by atoms with E-state index >= 15 is 0 Å². The zero-order valence-electron chi connectivity index (χ0n) is 6.83. The molecule has 0 fully saturated rings. The molecule has 3 heteroatoms. The van der Waals surface area contributed by atoms with Crippen LogP contribution in [-0.2, 0) is 6.61 Å². The van der Waals surface area contributed by atoms with E-state index in [9.17, 15) is 0 Å². The zero-order valence-corrected chi connectivity index (χ0v) is 6.83. The van der Waals surface area contributed by atoms with Gasteiger partial charge < -0.3 is 10.1 Å². The van der Waals surface area contributed by atoms with E-state index in [1.54, 1.807) is 6.20 Å². The van der Waals surface area contributed by atoms with E-state index in [2.05, 4.69) is 9.97 Å². The molecule has 62 valence electrons. The highest BCUT2D eigenvalue weighted by Gasteiger charge is 1.99. The Labute approximate surface area is 70.1 Å². The second-order valence-electron chi connectivity index (χ2n) is 2.90. The number of nitrogens with zero attached hydrogens (tertiary/aromatic N) is 1. The summed E-state index contributed by atoms with van der Waals surface area (Å²) in [4.78, 5) is 7.19. The van der Waals surface area contributed by atoms with Gasteiger partial charge in [0.1, 0.15) is 5.65 Å². The molecular formula is C9H10N2O. The average molecular weight is 162 g/mol. The summed E-state index contributed by atoms with van der Waals surface area (Å²) in [5.41, 5.74) is 2.78. The van der Waals surface area contributed by atoms with E-state index in [1.807, 2.05) is 19.1 Å². The van der Waals surface area contributed by atoms with E-state index in [-0.39, 0.29) is 6.61 Å². The third-order valence-corrected chi connectivity index (χ3v) is 1.83. The van der Waals surface area contributed by atoms with E-state index < -0.39 is 0 Å². The minimum atomic E-state index is 0.0371. The number of hydrogen-bond donors (Lipinski definition) is 2. The number of rotatable bonds is 1. The molecule has 0 saturated heterocycles. The topological polar surface area (TPSA) is 48.9 Å². The quantitative estimate of drug-likeness (QED) is 0.665. The molecule has 2 N–H and O–H groups in total. The van der Waals surface area contributed by atoms with Gasteiger partial charge in [0.15, 0.2) is 0 Å². The van der Waals surface area contributed by atoms with Crippen LogP contribution in [0, 0.1) is 6.92 Å². The first-order valence-electron chi connectivity index (χ1n) is 3.84. The molecule has 2 aromatic rings. The molecule has 0 amide bonds. The molecule has 2 heterocycles. The van der Waals surface area contributed by atoms with Crippen LogP contribution in [0.1, 0.15) is 11.3 Å². The number of H-pyrrole nitrogens is 1. The second-order valence-corrected chi connectivity index (χ2v) is 2.90. The number of aryl methyl sites for hydroxylation is 1. The van der Waals surface area contributed by atoms with Crippen LogP contribution < -0.4 is 0 Å². The Morgan fingerprint density at radius 2 is 2.33 bits per heavy atom. The number of fused-ring (bicyclic) bond motifs is 1. The predicted molar refractivity (Wildman–Crippen MR) is 46.8 cm³/mol. The summed E-state index contributed by atoms with van der Waals surface area (Å²) in [6.45, 7) is 2.04. The van der Waals surface area contributed by atoms with Gasteiger partial charge in [-0.1, -0.05) is 0 Å². The van der Waals surface area contributed by atoms with Gasteiger partial charge in [0, 0.05) is 17.3 Å². The molecule has 0 aromatic carbocycles. The third kappa shape index (κ3) is 1.08. The smallest absolute Gasteiger partial charge is 0.137 e. The zero-order chi connectivity index (χ0) is 8.55. The van der Waals surface area contributed by atoms with E-state index in [0.717, 1.165) is 22.3 Å². The number of nitrogens with one attached hydrogen (secondary N) is 1. The molecule has 0 aliphatic heterocycles. The first kappa shape index (κ1) is 7.31. The van der Waals surface area contributed by atoms with E-state index in [4.69, 9.17) is 5.11 Å². The first-order chi connectivity index (χ1) is 5.79. The molecule has 3 nitrogen and oxygen atoms in total. The van der Waals surface area contributed by atoms with Crippen molar-refractivity contribution in [3.05, 3.63) is 29.6 Å². The van der Waals surface area contributed by atoms with Gasteiger partial charge in [-0.2, -0.15) is 0 Å². The molecule has 12 heavy (non-hydrogen) atoms. The maximum Gasteiger partial charge on any atom is 0.137 e. The lowest BCUT2D eigenvalue weighted by Gasteiger charge is -1.89. The van der Waals surface area contributed by atoms with Gasteiger partial charge in [-0.15, -0.1) is 0 Å². The number of aliphatic hydroxyl groups excluding tert-OH is 1. The fraction of sp³-hybridized carbons (Fsp3) is 0.222. The average Bonchev–Trinajstić information content (AvgIpc) is 2.46. The van der Waals surface area contributed by atoms with Gasteiger partial charge in [0.2, 0.25) is 0 Å². The SMILES string of the molecule is Cc1cnc2[nH]c(CO)cc2c1. The van der Waals surface area contributed by atoms with Gasteiger partial charge in [-0.05, 0) is 24.6 Å². The summed E-state index contributed by atoms with van der Waals surface area (Å²) in [6.07, 6.45) is 1.81. The number of aliphatic hydroxyl groups is 1. The standard InChI is InChI=1S/C9H10N2O/c1-6-2-7-3-8(5-12)11-9(7)10-4-6/h2-4,12H,5H2,1H3,(H,10,11). The fourth-order valence-electron chi connectivity index (χ4n) is 1.27. The summed E-state index contributed by atoms with van der Waals surface area (Å²) in [5.74, 6) is 0. The maximum absolute atomic E-state index is 8.85. The van der Waals surface area contributed by atoms with Crippen LogP contribution in [0.5, 0.6) is 0 Å². The predicted octanol–water partition coefficient (Wildman–Crippen LogP) is 1.36. The third-order valence-electron chi connectivity index (χ3n) is 1.83. The van der Waals surface area contributed by atoms with Crippen LogP contribution in [0.25, 0.3) is 11.0 Å². The summed E-state index contributed by atoms with van der Waals surface area (Å²) >= 11 is 0. The first-order valence-corrected chi connectivity index (χ1v) is 3.84. The highest BCUT2D eigenvalue weighted by atomic mass is 16.3. The lowest BCUT2D eigenvalue weighted by Crippen LogP contribution is -1.80. The van der Waals surface area contributed by atoms with Crippen molar-refractivity contribution in [1.82, 2.24) is 9.97 Å². The second kappa shape index (κ2) is 2.60. The monoisotopic (exact) mass is 162 g/mol. The van der Waals surface area contributed by atoms with E-state index in [1.165, 1.54) is 0 Å². The number of aromatic amines is 1. The Bertz CT molecular complexity index is 406. The van der Waals surface area contributed by atoms with Crippen LogP contribution >= 0.6 is 0 Å². The van der Waals surface area contributed by atoms with E-state index in [0.29, 0.717) is 0 Å². The van der Waals surface area contributed by atoms with Crippen molar-refractivity contribution >= 4 is 11.0 Å². The van der Waals surface area contributed by atoms with Crippen LogP contribution in [0.15, 0.2) is 18.3 Å². The highest BCUT2D eigenvalue weighted by molar-refractivity contribution is 5.76. The fourth-order valence-corrected chi connectivity index (χ4v) is 1.27. The van der Waals surface area contributed by atoms with Crippen molar-refractivity contribution in [2.75, 3.05) is 0 Å². The van der Waals surface area contributed by atoms with Gasteiger partial charge in [0.05, 0.1) is 6.61 Å². The Kier molecular flexibility index (Phi) is 1.59. The van der Waals surface area contributed by atoms with Crippen molar-refractivity contribution < 1.29 is 5.11 Å². The Morgan fingerprint density at radius 3 is 3.08 bits per heavy atom. The van der Waals surface area contributed by atoms with Gasteiger partial charge >= 0.3 is 0 Å². The summed E-state index contributed by atoms with van der Waals surface area (Å²) in [6, 6.07) is 3.95. The Hall–Kier alpha value is -1.35. The van der Waals surface area contributed by atoms with Crippen LogP contribution in [0.4, 0.5) is 0 Å². The molecule has 0 bridgehead atoms. The van der Waals surface area contributed by atoms with Crippen LogP contribution in [-0.4, -0.2) is 15.1 Å². The molecule has 0 spiro atoms. The lowest BCUT2D eigenvalue weighted by atomic mass is 10.2. The maximum atomic E-state index is 8.85. The van der Waals surface area contributed by atoms with Crippen molar-refractivity contribution in [2.45, 2.75) is 13.5 Å². The lowest BCUT2D eigenvalue weighted by molar-refractivity contribution is 0.278. The number of hydrogen-bond acceptors (Lipinski definition) is 2. The van der Waals surface area contributed by atoms with Crippen LogP contribution in [0.2, 0.25) is 0 Å². The van der Waals surface area contributed by atoms with Crippen molar-refractivity contribution in [3.63, 3.8) is 0 Å². The largest absolute Gasteiger partial charge is 0.390 e. The summed E-state index contributed by atoms with van der Waals surface area (Å²) < 4.78 is 0. The Morgan fingerprint density at radius 1 is 1.50 bits per heavy atom. The van der Waals surface area contributed by atoms with Crippen molar-refractivity contribution in [2.24, 2.45) is 0 Å². The normalized spacial score (nSPS) is 10.8. The molecule has 2 aromatic heterocycles. The van der Waals surface area contributed by atoms with Crippen molar-refractivity contribution in [1.29, 1.82) is 0 Å². The Balaban J connectivity index is 2.67. The number of aromatic nitrogens is 2. The van der Waals surface area contributed by atoms with Gasteiger partial charge in [-0.25, -0.2) is 4.98 Å². The molecule has 0 unspecified atom stereocenters. The summed E-state index contributed by atoms with van der Waals surface area (Å²) in [7, 11) is 0. The minimum absolute atomic E-state index is 0.0371. The number of pyridine rings is 1. The van der Waals surface area contributed by atoms with Gasteiger partial charge in [0.25, 0.3) is 0 Å². The molecule has 0 aliphatic carbocycles. The van der Waals surface area contributed by atoms with Crippen LogP contribution in [0.3, 0.4) is 0 Å². The molecule has 2 rings (SSSR count). The molecule has 0 saturated carbocycles. The minimum Gasteiger partial charge on any atom is -0.390 e. The van der Waals surface area contributed by atoms with Gasteiger partial charge in [-0.3, -0.25) is 0 Å².